The van der Waals surface area contributed by atoms with Crippen LogP contribution in [-0.2, 0) is 16.4 Å². The average molecular weight is 481 g/mol. The summed E-state index contributed by atoms with van der Waals surface area (Å²) in [7, 11) is -3.51. The van der Waals surface area contributed by atoms with Crippen LogP contribution in [0.2, 0.25) is 0 Å². The van der Waals surface area contributed by atoms with E-state index in [1.165, 1.54) is 15.6 Å². The number of anilines is 1. The zero-order valence-electron chi connectivity index (χ0n) is 18.5. The van der Waals surface area contributed by atoms with Gasteiger partial charge in [-0.1, -0.05) is 36.5 Å². The first-order chi connectivity index (χ1) is 15.9. The number of aromatic nitrogens is 2. The normalized spacial score (nSPS) is 14.8. The Bertz CT molecular complexity index is 1490. The van der Waals surface area contributed by atoms with Crippen LogP contribution in [-0.4, -0.2) is 41.7 Å². The van der Waals surface area contributed by atoms with Crippen LogP contribution in [0.5, 0.6) is 0 Å². The molecule has 0 aliphatic carbocycles. The van der Waals surface area contributed by atoms with Crippen molar-refractivity contribution < 1.29 is 13.2 Å². The lowest BCUT2D eigenvalue weighted by Gasteiger charge is -2.15. The van der Waals surface area contributed by atoms with E-state index in [0.29, 0.717) is 29.3 Å². The molecular weight excluding hydrogens is 456 g/mol. The highest BCUT2D eigenvalue weighted by Crippen LogP contribution is 2.31. The SMILES string of the molecule is CCc1nc2ccccc2c(C(=O)Nc2nc3ccc(S(=O)(=O)N4CCCC4)cc3s2)c1C. The molecule has 0 radical (unpaired) electrons. The number of carbonyl (C=O) groups excluding carboxylic acids is 1. The van der Waals surface area contributed by atoms with Crippen LogP contribution in [0.25, 0.3) is 21.1 Å². The van der Waals surface area contributed by atoms with Gasteiger partial charge in [-0.05, 0) is 56.0 Å². The molecule has 5 rings (SSSR count). The summed E-state index contributed by atoms with van der Waals surface area (Å²) in [5.41, 5.74) is 3.77. The molecular formula is C24H24N4O3S2. The van der Waals surface area contributed by atoms with Crippen molar-refractivity contribution in [2.45, 2.75) is 38.0 Å². The largest absolute Gasteiger partial charge is 0.298 e. The first-order valence-electron chi connectivity index (χ1n) is 11.0. The van der Waals surface area contributed by atoms with Crippen LogP contribution >= 0.6 is 11.3 Å². The first kappa shape index (κ1) is 21.9. The molecule has 1 fully saturated rings. The predicted octanol–water partition coefficient (Wildman–Crippen LogP) is 4.75. The minimum absolute atomic E-state index is 0.246. The summed E-state index contributed by atoms with van der Waals surface area (Å²) < 4.78 is 28.1. The second-order valence-corrected chi connectivity index (χ2v) is 11.1. The highest BCUT2D eigenvalue weighted by Gasteiger charge is 2.27. The smallest absolute Gasteiger partial charge is 0.258 e. The number of thiazole rings is 1. The van der Waals surface area contributed by atoms with Gasteiger partial charge in [0.25, 0.3) is 5.91 Å². The monoisotopic (exact) mass is 480 g/mol. The van der Waals surface area contributed by atoms with Gasteiger partial charge >= 0.3 is 0 Å². The molecule has 2 aromatic carbocycles. The molecule has 7 nitrogen and oxygen atoms in total. The molecule has 1 amide bonds. The fourth-order valence-electron chi connectivity index (χ4n) is 4.35. The summed E-state index contributed by atoms with van der Waals surface area (Å²) in [6, 6.07) is 12.6. The summed E-state index contributed by atoms with van der Waals surface area (Å²) >= 11 is 1.27. The molecule has 0 atom stereocenters. The van der Waals surface area contributed by atoms with Gasteiger partial charge in [-0.3, -0.25) is 15.1 Å². The van der Waals surface area contributed by atoms with Crippen molar-refractivity contribution in [1.82, 2.24) is 14.3 Å². The van der Waals surface area contributed by atoms with Gasteiger partial charge in [0.05, 0.1) is 26.2 Å². The molecule has 1 aliphatic rings. The molecule has 33 heavy (non-hydrogen) atoms. The van der Waals surface area contributed by atoms with E-state index in [1.54, 1.807) is 18.2 Å². The zero-order chi connectivity index (χ0) is 23.2. The Morgan fingerprint density at radius 3 is 2.61 bits per heavy atom. The van der Waals surface area contributed by atoms with E-state index in [1.807, 2.05) is 38.1 Å². The van der Waals surface area contributed by atoms with Gasteiger partial charge in [-0.15, -0.1) is 0 Å². The number of benzene rings is 2. The maximum atomic E-state index is 13.3. The van der Waals surface area contributed by atoms with E-state index in [0.717, 1.165) is 46.1 Å². The van der Waals surface area contributed by atoms with Gasteiger partial charge in [-0.25, -0.2) is 13.4 Å². The number of aryl methyl sites for hydroxylation is 1. The number of nitrogens with zero attached hydrogens (tertiary/aromatic N) is 3. The summed E-state index contributed by atoms with van der Waals surface area (Å²) in [5, 5.41) is 4.16. The Morgan fingerprint density at radius 1 is 1.09 bits per heavy atom. The number of hydrogen-bond acceptors (Lipinski definition) is 6. The lowest BCUT2D eigenvalue weighted by atomic mass is 9.99. The van der Waals surface area contributed by atoms with Crippen molar-refractivity contribution in [3.8, 4) is 0 Å². The summed E-state index contributed by atoms with van der Waals surface area (Å²) in [5.74, 6) is -0.246. The standard InChI is InChI=1S/C24H24N4O3S2/c1-3-18-15(2)22(17-8-4-5-9-19(17)25-18)23(29)27-24-26-20-11-10-16(14-21(20)32-24)33(30,31)28-12-6-7-13-28/h4-5,8-11,14H,3,6-7,12-13H2,1-2H3,(H,26,27,29). The maximum absolute atomic E-state index is 13.3. The van der Waals surface area contributed by atoms with Crippen molar-refractivity contribution in [3.05, 3.63) is 59.3 Å². The van der Waals surface area contributed by atoms with Gasteiger partial charge in [0.2, 0.25) is 10.0 Å². The highest BCUT2D eigenvalue weighted by atomic mass is 32.2. The zero-order valence-corrected chi connectivity index (χ0v) is 20.1. The van der Waals surface area contributed by atoms with Crippen LogP contribution in [0, 0.1) is 6.92 Å². The molecule has 0 saturated carbocycles. The van der Waals surface area contributed by atoms with E-state index in [9.17, 15) is 13.2 Å². The number of para-hydroxylation sites is 1. The fraction of sp³-hybridized carbons (Fsp3) is 0.292. The fourth-order valence-corrected chi connectivity index (χ4v) is 6.87. The molecule has 0 unspecified atom stereocenters. The summed E-state index contributed by atoms with van der Waals surface area (Å²) in [6.07, 6.45) is 2.51. The Hall–Kier alpha value is -2.88. The number of sulfonamides is 1. The minimum atomic E-state index is -3.51. The molecule has 3 heterocycles. The molecule has 0 bridgehead atoms. The quantitative estimate of drug-likeness (QED) is 0.445. The van der Waals surface area contributed by atoms with Crippen LogP contribution in [0.15, 0.2) is 47.4 Å². The van der Waals surface area contributed by atoms with Crippen LogP contribution in [0.3, 0.4) is 0 Å². The Labute approximate surface area is 196 Å². The van der Waals surface area contributed by atoms with Crippen LogP contribution < -0.4 is 5.32 Å². The Balaban J connectivity index is 1.49. The maximum Gasteiger partial charge on any atom is 0.258 e. The van der Waals surface area contributed by atoms with Crippen LogP contribution in [0.4, 0.5) is 5.13 Å². The Kier molecular flexibility index (Phi) is 5.64. The van der Waals surface area contributed by atoms with Gasteiger partial charge < -0.3 is 0 Å². The number of pyridine rings is 1. The van der Waals surface area contributed by atoms with Gasteiger partial charge in [0.15, 0.2) is 5.13 Å². The number of fused-ring (bicyclic) bond motifs is 2. The van der Waals surface area contributed by atoms with E-state index in [-0.39, 0.29) is 10.8 Å². The molecule has 170 valence electrons. The van der Waals surface area contributed by atoms with E-state index in [2.05, 4.69) is 15.3 Å². The van der Waals surface area contributed by atoms with E-state index < -0.39 is 10.0 Å². The van der Waals surface area contributed by atoms with Crippen molar-refractivity contribution in [2.24, 2.45) is 0 Å². The van der Waals surface area contributed by atoms with E-state index >= 15 is 0 Å². The third kappa shape index (κ3) is 3.90. The molecule has 0 spiro atoms. The number of hydrogen-bond donors (Lipinski definition) is 1. The Morgan fingerprint density at radius 2 is 1.85 bits per heavy atom. The number of amides is 1. The van der Waals surface area contributed by atoms with Gasteiger partial charge in [0.1, 0.15) is 0 Å². The molecule has 1 N–H and O–H groups in total. The topological polar surface area (TPSA) is 92.3 Å². The molecule has 2 aromatic heterocycles. The molecule has 1 saturated heterocycles. The average Bonchev–Trinajstić information content (AvgIpc) is 3.48. The highest BCUT2D eigenvalue weighted by molar-refractivity contribution is 7.89. The van der Waals surface area contributed by atoms with Gasteiger partial charge in [0, 0.05) is 24.2 Å². The third-order valence-electron chi connectivity index (χ3n) is 6.08. The van der Waals surface area contributed by atoms with Crippen molar-refractivity contribution in [2.75, 3.05) is 18.4 Å². The first-order valence-corrected chi connectivity index (χ1v) is 13.2. The summed E-state index contributed by atoms with van der Waals surface area (Å²) in [4.78, 5) is 22.8. The van der Waals surface area contributed by atoms with Crippen molar-refractivity contribution in [1.29, 1.82) is 0 Å². The summed E-state index contributed by atoms with van der Waals surface area (Å²) in [6.45, 7) is 5.06. The molecule has 9 heteroatoms. The number of carbonyl (C=O) groups is 1. The van der Waals surface area contributed by atoms with Crippen LogP contribution in [0.1, 0.15) is 41.4 Å². The van der Waals surface area contributed by atoms with Crippen molar-refractivity contribution in [3.63, 3.8) is 0 Å². The molecule has 1 aliphatic heterocycles. The lowest BCUT2D eigenvalue weighted by Crippen LogP contribution is -2.27. The van der Waals surface area contributed by atoms with Crippen molar-refractivity contribution >= 4 is 53.5 Å². The lowest BCUT2D eigenvalue weighted by molar-refractivity contribution is 0.102. The second kappa shape index (κ2) is 8.48. The number of nitrogens with one attached hydrogen (secondary N) is 1. The predicted molar refractivity (Wildman–Crippen MR) is 131 cm³/mol. The second-order valence-electron chi connectivity index (χ2n) is 8.14. The minimum Gasteiger partial charge on any atom is -0.298 e. The van der Waals surface area contributed by atoms with Gasteiger partial charge in [-0.2, -0.15) is 4.31 Å². The third-order valence-corrected chi connectivity index (χ3v) is 8.91. The van der Waals surface area contributed by atoms with E-state index in [4.69, 9.17) is 0 Å². The molecule has 4 aromatic rings. The number of rotatable bonds is 5.